The van der Waals surface area contributed by atoms with E-state index in [1.165, 1.54) is 19.3 Å². The van der Waals surface area contributed by atoms with Crippen LogP contribution in [-0.4, -0.2) is 22.2 Å². The van der Waals surface area contributed by atoms with Gasteiger partial charge in [0.15, 0.2) is 4.46 Å². The maximum absolute atomic E-state index is 8.80. The van der Waals surface area contributed by atoms with Crippen molar-refractivity contribution in [1.29, 1.82) is 0 Å². The first-order valence-electron chi connectivity index (χ1n) is 4.40. The van der Waals surface area contributed by atoms with E-state index < -0.39 is 4.46 Å². The first kappa shape index (κ1) is 10.6. The molecule has 0 radical (unpaired) electrons. The Hall–Kier alpha value is 0.500. The van der Waals surface area contributed by atoms with Crippen LogP contribution in [0.15, 0.2) is 0 Å². The quantitative estimate of drug-likeness (QED) is 0.554. The number of aliphatic hydroxyl groups excluding tert-OH is 1. The van der Waals surface area contributed by atoms with E-state index in [-0.39, 0.29) is 6.61 Å². The minimum absolute atomic E-state index is 0.243. The molecule has 2 N–H and O–H groups in total. The minimum Gasteiger partial charge on any atom is -0.392 e. The second kappa shape index (κ2) is 4.66. The molecule has 0 atom stereocenters. The van der Waals surface area contributed by atoms with E-state index in [4.69, 9.17) is 28.3 Å². The van der Waals surface area contributed by atoms with Gasteiger partial charge in [-0.15, -0.1) is 0 Å². The van der Waals surface area contributed by atoms with Crippen LogP contribution in [0, 0.1) is 0 Å². The van der Waals surface area contributed by atoms with Gasteiger partial charge in [-0.3, -0.25) is 5.32 Å². The van der Waals surface area contributed by atoms with Gasteiger partial charge in [0.2, 0.25) is 0 Å². The highest BCUT2D eigenvalue weighted by Crippen LogP contribution is 2.23. The van der Waals surface area contributed by atoms with Crippen molar-refractivity contribution in [2.45, 2.75) is 42.6 Å². The third-order valence-corrected chi connectivity index (χ3v) is 2.68. The SMILES string of the molecule is OCC(Cl)(Cl)NC1CCCCC1. The predicted octanol–water partition coefficient (Wildman–Crippen LogP) is 2.03. The monoisotopic (exact) mass is 211 g/mol. The third kappa shape index (κ3) is 3.48. The summed E-state index contributed by atoms with van der Waals surface area (Å²) in [6, 6.07) is 0.376. The zero-order valence-corrected chi connectivity index (χ0v) is 8.53. The standard InChI is InChI=1S/C8H15Cl2NO/c9-8(10,6-12)11-7-4-2-1-3-5-7/h7,11-12H,1-6H2. The number of hydrogen-bond acceptors (Lipinski definition) is 2. The largest absolute Gasteiger partial charge is 0.392 e. The zero-order valence-electron chi connectivity index (χ0n) is 7.02. The molecule has 0 aromatic carbocycles. The topological polar surface area (TPSA) is 32.3 Å². The molecular weight excluding hydrogens is 197 g/mol. The Labute approximate surface area is 83.2 Å². The van der Waals surface area contributed by atoms with Gasteiger partial charge in [0.1, 0.15) is 0 Å². The number of nitrogens with one attached hydrogen (secondary N) is 1. The highest BCUT2D eigenvalue weighted by atomic mass is 35.5. The Bertz CT molecular complexity index is 135. The van der Waals surface area contributed by atoms with E-state index in [0.717, 1.165) is 12.8 Å². The Morgan fingerprint density at radius 2 is 1.83 bits per heavy atom. The first-order valence-corrected chi connectivity index (χ1v) is 5.16. The number of rotatable bonds is 3. The van der Waals surface area contributed by atoms with Gasteiger partial charge in [0.05, 0.1) is 6.61 Å². The van der Waals surface area contributed by atoms with Gasteiger partial charge in [-0.1, -0.05) is 42.5 Å². The van der Waals surface area contributed by atoms with Gasteiger partial charge in [0, 0.05) is 6.04 Å². The molecule has 0 aromatic heterocycles. The minimum atomic E-state index is -1.15. The van der Waals surface area contributed by atoms with Crippen LogP contribution in [0.1, 0.15) is 32.1 Å². The highest BCUT2D eigenvalue weighted by Gasteiger charge is 2.26. The summed E-state index contributed by atoms with van der Waals surface area (Å²) >= 11 is 11.5. The molecule has 1 rings (SSSR count). The van der Waals surface area contributed by atoms with Crippen LogP contribution >= 0.6 is 23.2 Å². The molecule has 0 aliphatic heterocycles. The molecule has 0 amide bonds. The molecular formula is C8H15Cl2NO. The molecule has 12 heavy (non-hydrogen) atoms. The molecule has 1 aliphatic carbocycles. The molecule has 4 heteroatoms. The number of alkyl halides is 2. The number of halogens is 2. The lowest BCUT2D eigenvalue weighted by molar-refractivity contribution is 0.237. The first-order chi connectivity index (χ1) is 5.64. The summed E-state index contributed by atoms with van der Waals surface area (Å²) in [6.07, 6.45) is 5.98. The summed E-state index contributed by atoms with van der Waals surface area (Å²) in [5, 5.41) is 11.8. The van der Waals surface area contributed by atoms with Crippen molar-refractivity contribution in [3.05, 3.63) is 0 Å². The van der Waals surface area contributed by atoms with Crippen LogP contribution in [0.25, 0.3) is 0 Å². The molecule has 0 saturated heterocycles. The van der Waals surface area contributed by atoms with Crippen LogP contribution in [-0.2, 0) is 0 Å². The zero-order chi connectivity index (χ0) is 9.03. The van der Waals surface area contributed by atoms with E-state index in [2.05, 4.69) is 5.32 Å². The van der Waals surface area contributed by atoms with Gasteiger partial charge >= 0.3 is 0 Å². The number of aliphatic hydroxyl groups is 1. The molecule has 1 fully saturated rings. The average molecular weight is 212 g/mol. The predicted molar refractivity (Wildman–Crippen MR) is 51.5 cm³/mol. The lowest BCUT2D eigenvalue weighted by Gasteiger charge is -2.29. The van der Waals surface area contributed by atoms with Gasteiger partial charge in [-0.25, -0.2) is 0 Å². The second-order valence-electron chi connectivity index (χ2n) is 3.34. The molecule has 0 spiro atoms. The molecule has 1 aliphatic rings. The Balaban J connectivity index is 2.28. The van der Waals surface area contributed by atoms with Gasteiger partial charge < -0.3 is 5.11 Å². The Morgan fingerprint density at radius 1 is 1.25 bits per heavy atom. The molecule has 72 valence electrons. The highest BCUT2D eigenvalue weighted by molar-refractivity contribution is 6.48. The number of hydrogen-bond donors (Lipinski definition) is 2. The van der Waals surface area contributed by atoms with Gasteiger partial charge in [-0.2, -0.15) is 0 Å². The maximum Gasteiger partial charge on any atom is 0.192 e. The fourth-order valence-corrected chi connectivity index (χ4v) is 1.90. The lowest BCUT2D eigenvalue weighted by Crippen LogP contribution is -2.45. The van der Waals surface area contributed by atoms with E-state index in [1.54, 1.807) is 0 Å². The Morgan fingerprint density at radius 3 is 2.33 bits per heavy atom. The summed E-state index contributed by atoms with van der Waals surface area (Å²) in [6.45, 7) is -0.243. The molecule has 0 heterocycles. The van der Waals surface area contributed by atoms with Crippen LogP contribution < -0.4 is 5.32 Å². The fourth-order valence-electron chi connectivity index (χ4n) is 1.59. The van der Waals surface area contributed by atoms with Gasteiger partial charge in [0.25, 0.3) is 0 Å². The van der Waals surface area contributed by atoms with E-state index in [9.17, 15) is 0 Å². The van der Waals surface area contributed by atoms with Crippen LogP contribution in [0.2, 0.25) is 0 Å². The van der Waals surface area contributed by atoms with Crippen LogP contribution in [0.5, 0.6) is 0 Å². The van der Waals surface area contributed by atoms with E-state index in [0.29, 0.717) is 6.04 Å². The van der Waals surface area contributed by atoms with E-state index in [1.807, 2.05) is 0 Å². The molecule has 1 saturated carbocycles. The smallest absolute Gasteiger partial charge is 0.192 e. The normalized spacial score (nSPS) is 21.2. The molecule has 0 unspecified atom stereocenters. The van der Waals surface area contributed by atoms with Gasteiger partial charge in [-0.05, 0) is 12.8 Å². The van der Waals surface area contributed by atoms with Crippen molar-refractivity contribution < 1.29 is 5.11 Å². The summed E-state index contributed by atoms with van der Waals surface area (Å²) in [5.41, 5.74) is 0. The summed E-state index contributed by atoms with van der Waals surface area (Å²) < 4.78 is -1.15. The molecule has 2 nitrogen and oxygen atoms in total. The van der Waals surface area contributed by atoms with Crippen molar-refractivity contribution in [1.82, 2.24) is 5.32 Å². The molecule has 0 bridgehead atoms. The molecule has 0 aromatic rings. The van der Waals surface area contributed by atoms with Crippen molar-refractivity contribution in [2.75, 3.05) is 6.61 Å². The van der Waals surface area contributed by atoms with E-state index >= 15 is 0 Å². The van der Waals surface area contributed by atoms with Crippen molar-refractivity contribution in [3.8, 4) is 0 Å². The fraction of sp³-hybridized carbons (Fsp3) is 1.00. The third-order valence-electron chi connectivity index (χ3n) is 2.22. The summed E-state index contributed by atoms with van der Waals surface area (Å²) in [4.78, 5) is 0. The van der Waals surface area contributed by atoms with Crippen molar-refractivity contribution >= 4 is 23.2 Å². The average Bonchev–Trinajstić information content (AvgIpc) is 2.06. The maximum atomic E-state index is 8.80. The van der Waals surface area contributed by atoms with Crippen LogP contribution in [0.4, 0.5) is 0 Å². The Kier molecular flexibility index (Phi) is 4.11. The van der Waals surface area contributed by atoms with Crippen molar-refractivity contribution in [3.63, 3.8) is 0 Å². The second-order valence-corrected chi connectivity index (χ2v) is 4.83. The van der Waals surface area contributed by atoms with Crippen molar-refractivity contribution in [2.24, 2.45) is 0 Å². The lowest BCUT2D eigenvalue weighted by atomic mass is 9.95. The summed E-state index contributed by atoms with van der Waals surface area (Å²) in [7, 11) is 0. The summed E-state index contributed by atoms with van der Waals surface area (Å²) in [5.74, 6) is 0. The van der Waals surface area contributed by atoms with Crippen LogP contribution in [0.3, 0.4) is 0 Å².